The molecule has 0 amide bonds. The van der Waals surface area contributed by atoms with E-state index in [2.05, 4.69) is 0 Å². The van der Waals surface area contributed by atoms with Crippen LogP contribution in [0.15, 0.2) is 0 Å². The average Bonchev–Trinajstić information content (AvgIpc) is 0. The predicted molar refractivity (Wildman–Crippen MR) is 9.94 cm³/mol. The van der Waals surface area contributed by atoms with E-state index in [9.17, 15) is 0 Å². The molecule has 0 fully saturated rings. The molecule has 5 heavy (non-hydrogen) atoms. The fourth-order valence-electron chi connectivity index (χ4n) is 0. The van der Waals surface area contributed by atoms with E-state index in [0.29, 0.717) is 0 Å². The van der Waals surface area contributed by atoms with Gasteiger partial charge in [-0.15, -0.1) is 0 Å². The van der Waals surface area contributed by atoms with Gasteiger partial charge in [0.1, 0.15) is 0 Å². The van der Waals surface area contributed by atoms with Crippen LogP contribution in [0, 0.1) is 0 Å². The molecule has 0 saturated heterocycles. The zero-order valence-electron chi connectivity index (χ0n) is 1.54. The van der Waals surface area contributed by atoms with Gasteiger partial charge in [0.25, 0.3) is 0 Å². The minimum Gasteiger partial charge on any atom is -1.00 e. The fraction of sp³-hybridized carbons (Fsp3) is 0. The summed E-state index contributed by atoms with van der Waals surface area (Å²) in [5, 5.41) is 0. The van der Waals surface area contributed by atoms with Gasteiger partial charge in [-0.3, -0.25) is 0 Å². The molecule has 0 aromatic rings. The van der Waals surface area contributed by atoms with Gasteiger partial charge in [0, 0.05) is 0 Å². The summed E-state index contributed by atoms with van der Waals surface area (Å²) in [5.41, 5.74) is 0. The van der Waals surface area contributed by atoms with E-state index >= 15 is 0 Å². The Morgan fingerprint density at radius 1 is 0.600 bits per heavy atom. The molecule has 0 aliphatic carbocycles. The summed E-state index contributed by atoms with van der Waals surface area (Å²) in [6.45, 7) is 0. The quantitative estimate of drug-likeness (QED) is 0.318. The molecule has 0 spiro atoms. The molecule has 1 radical (unpaired) electrons. The van der Waals surface area contributed by atoms with Gasteiger partial charge in [-0.05, 0) is 0 Å². The van der Waals surface area contributed by atoms with Gasteiger partial charge in [0.15, 0.2) is 0 Å². The Balaban J connectivity index is 0. The third-order valence-corrected chi connectivity index (χ3v) is 0. The van der Waals surface area contributed by atoms with Gasteiger partial charge in [0.2, 0.25) is 0 Å². The summed E-state index contributed by atoms with van der Waals surface area (Å²) in [6, 6.07) is 0. The zero-order chi connectivity index (χ0) is 0. The molecule has 5 heteroatoms. The summed E-state index contributed by atoms with van der Waals surface area (Å²) in [6.07, 6.45) is 0. The first-order valence-electron chi connectivity index (χ1n) is 0. The van der Waals surface area contributed by atoms with Crippen molar-refractivity contribution in [2.75, 3.05) is 0 Å². The SMILES string of the molecule is B.[Cl-].[Cl-].[Cl-].[Cr+3]. The number of hydrogen-bond donors (Lipinski definition) is 0. The molecule has 0 aliphatic rings. The molecule has 0 heterocycles. The van der Waals surface area contributed by atoms with Gasteiger partial charge >= 0.3 is 17.4 Å². The Labute approximate surface area is 63.0 Å². The van der Waals surface area contributed by atoms with Gasteiger partial charge in [0.05, 0.1) is 8.41 Å². The van der Waals surface area contributed by atoms with Crippen molar-refractivity contribution < 1.29 is 54.6 Å². The van der Waals surface area contributed by atoms with Crippen LogP contribution in [0.25, 0.3) is 0 Å². The maximum atomic E-state index is 0. The second-order valence-corrected chi connectivity index (χ2v) is 0. The monoisotopic (exact) mass is 171 g/mol. The summed E-state index contributed by atoms with van der Waals surface area (Å²) in [5.74, 6) is 0. The molecule has 33 valence electrons. The van der Waals surface area contributed by atoms with Crippen molar-refractivity contribution in [3.05, 3.63) is 0 Å². The average molecular weight is 172 g/mol. The van der Waals surface area contributed by atoms with Crippen LogP contribution in [0.1, 0.15) is 0 Å². The topological polar surface area (TPSA) is 0 Å². The Hall–Kier alpha value is 1.47. The molecular formula is H3BCl3Cr. The largest absolute Gasteiger partial charge is 3.00 e. The Bertz CT molecular complexity index is 6.85. The minimum atomic E-state index is 0. The molecule has 0 unspecified atom stereocenters. The molecule has 0 bridgehead atoms. The van der Waals surface area contributed by atoms with Crippen molar-refractivity contribution in [3.8, 4) is 0 Å². The van der Waals surface area contributed by atoms with E-state index in [0.717, 1.165) is 0 Å². The number of halogens is 3. The van der Waals surface area contributed by atoms with Gasteiger partial charge in [-0.25, -0.2) is 0 Å². The summed E-state index contributed by atoms with van der Waals surface area (Å²) < 4.78 is 0. The van der Waals surface area contributed by atoms with Crippen LogP contribution in [0.2, 0.25) is 0 Å². The third kappa shape index (κ3) is 30.5. The van der Waals surface area contributed by atoms with Crippen LogP contribution in [-0.4, -0.2) is 8.41 Å². The van der Waals surface area contributed by atoms with Crippen molar-refractivity contribution in [2.24, 2.45) is 0 Å². The van der Waals surface area contributed by atoms with E-state index in [-0.39, 0.29) is 63.0 Å². The smallest absolute Gasteiger partial charge is 1.00 e. The zero-order valence-corrected chi connectivity index (χ0v) is 5.08. The van der Waals surface area contributed by atoms with Crippen molar-refractivity contribution in [1.29, 1.82) is 0 Å². The van der Waals surface area contributed by atoms with Gasteiger partial charge < -0.3 is 37.2 Å². The Morgan fingerprint density at radius 3 is 0.600 bits per heavy atom. The van der Waals surface area contributed by atoms with Crippen LogP contribution < -0.4 is 37.2 Å². The molecule has 0 rings (SSSR count). The Kier molecular flexibility index (Phi) is 910. The van der Waals surface area contributed by atoms with Gasteiger partial charge in [-0.2, -0.15) is 0 Å². The second-order valence-electron chi connectivity index (χ2n) is 0. The summed E-state index contributed by atoms with van der Waals surface area (Å²) >= 11 is 0. The van der Waals surface area contributed by atoms with Gasteiger partial charge in [-0.1, -0.05) is 0 Å². The van der Waals surface area contributed by atoms with Crippen molar-refractivity contribution in [1.82, 2.24) is 0 Å². The first-order valence-corrected chi connectivity index (χ1v) is 0. The van der Waals surface area contributed by atoms with Crippen molar-refractivity contribution >= 4 is 8.41 Å². The van der Waals surface area contributed by atoms with E-state index in [1.165, 1.54) is 0 Å². The second kappa shape index (κ2) is 50.7. The maximum absolute atomic E-state index is 0. The van der Waals surface area contributed by atoms with Crippen LogP contribution in [0.4, 0.5) is 0 Å². The number of hydrogen-bond acceptors (Lipinski definition) is 0. The van der Waals surface area contributed by atoms with Crippen LogP contribution in [-0.2, 0) is 17.4 Å². The van der Waals surface area contributed by atoms with E-state index < -0.39 is 0 Å². The van der Waals surface area contributed by atoms with E-state index in [1.54, 1.807) is 0 Å². The maximum Gasteiger partial charge on any atom is 3.00 e. The Morgan fingerprint density at radius 2 is 0.600 bits per heavy atom. The summed E-state index contributed by atoms with van der Waals surface area (Å²) in [4.78, 5) is 0. The standard InChI is InChI=1S/BH3.3ClH.Cr/h1H3;3*1H;/q;;;;+3/p-3. The van der Waals surface area contributed by atoms with Crippen molar-refractivity contribution in [3.63, 3.8) is 0 Å². The number of rotatable bonds is 0. The third-order valence-electron chi connectivity index (χ3n) is 0. The van der Waals surface area contributed by atoms with Crippen LogP contribution in [0.3, 0.4) is 0 Å². The molecule has 0 saturated carbocycles. The molecule has 0 aliphatic heterocycles. The minimum absolute atomic E-state index is 0. The van der Waals surface area contributed by atoms with E-state index in [4.69, 9.17) is 0 Å². The fourth-order valence-corrected chi connectivity index (χ4v) is 0. The molecule has 0 nitrogen and oxygen atoms in total. The summed E-state index contributed by atoms with van der Waals surface area (Å²) in [7, 11) is 0. The molecule has 0 N–H and O–H groups in total. The normalized spacial score (nSPS) is 0. The molecule has 0 aromatic heterocycles. The molecular weight excluding hydrogens is 169 g/mol. The first-order chi connectivity index (χ1) is 0. The van der Waals surface area contributed by atoms with Crippen molar-refractivity contribution in [2.45, 2.75) is 0 Å². The molecule has 0 aromatic carbocycles. The van der Waals surface area contributed by atoms with Crippen LogP contribution >= 0.6 is 0 Å². The van der Waals surface area contributed by atoms with Crippen LogP contribution in [0.5, 0.6) is 0 Å². The molecule has 0 atom stereocenters. The first kappa shape index (κ1) is 89.8. The predicted octanol–water partition coefficient (Wildman–Crippen LogP) is -10.2. The van der Waals surface area contributed by atoms with E-state index in [1.807, 2.05) is 0 Å².